The van der Waals surface area contributed by atoms with Crippen molar-refractivity contribution in [2.75, 3.05) is 5.32 Å². The number of hydrogen-bond acceptors (Lipinski definition) is 3. The Morgan fingerprint density at radius 2 is 1.78 bits per heavy atom. The standard InChI is InChI=1S/C12H8INO3S/c13-8-3-1-7(2-4-8)11(15)14-10-6-5-9(18-10)12(16)17/h1-6H,(H,14,15)(H,16,17). The summed E-state index contributed by atoms with van der Waals surface area (Å²) in [6.45, 7) is 0. The molecule has 1 heterocycles. The quantitative estimate of drug-likeness (QED) is 0.812. The molecule has 0 aliphatic heterocycles. The molecule has 18 heavy (non-hydrogen) atoms. The van der Waals surface area contributed by atoms with Gasteiger partial charge in [0.2, 0.25) is 0 Å². The van der Waals surface area contributed by atoms with Gasteiger partial charge >= 0.3 is 5.97 Å². The van der Waals surface area contributed by atoms with E-state index < -0.39 is 5.97 Å². The summed E-state index contributed by atoms with van der Waals surface area (Å²) in [5, 5.41) is 12.0. The molecule has 0 radical (unpaired) electrons. The maximum absolute atomic E-state index is 11.9. The van der Waals surface area contributed by atoms with Crippen molar-refractivity contribution in [3.8, 4) is 0 Å². The number of carboxylic acid groups (broad SMARTS) is 1. The summed E-state index contributed by atoms with van der Waals surface area (Å²) in [6, 6.07) is 10.2. The molecule has 6 heteroatoms. The molecule has 92 valence electrons. The number of benzene rings is 1. The molecule has 0 unspecified atom stereocenters. The minimum atomic E-state index is -0.991. The van der Waals surface area contributed by atoms with Gasteiger partial charge in [-0.05, 0) is 59.0 Å². The lowest BCUT2D eigenvalue weighted by molar-refractivity contribution is 0.0702. The lowest BCUT2D eigenvalue weighted by Gasteiger charge is -2.02. The van der Waals surface area contributed by atoms with Crippen molar-refractivity contribution in [1.82, 2.24) is 0 Å². The summed E-state index contributed by atoms with van der Waals surface area (Å²) < 4.78 is 1.05. The highest BCUT2D eigenvalue weighted by molar-refractivity contribution is 14.1. The Labute approximate surface area is 121 Å². The number of rotatable bonds is 3. The number of amides is 1. The van der Waals surface area contributed by atoms with E-state index in [0.29, 0.717) is 10.6 Å². The normalized spacial score (nSPS) is 10.1. The maximum Gasteiger partial charge on any atom is 0.345 e. The van der Waals surface area contributed by atoms with Crippen molar-refractivity contribution in [3.63, 3.8) is 0 Å². The SMILES string of the molecule is O=C(Nc1ccc(C(=O)O)s1)c1ccc(I)cc1. The molecule has 0 spiro atoms. The molecular formula is C12H8INO3S. The second-order valence-electron chi connectivity index (χ2n) is 3.43. The highest BCUT2D eigenvalue weighted by atomic mass is 127. The Morgan fingerprint density at radius 3 is 2.33 bits per heavy atom. The number of carboxylic acids is 1. The zero-order valence-electron chi connectivity index (χ0n) is 9.01. The molecule has 2 aromatic rings. The Bertz CT molecular complexity index is 592. The first kappa shape index (κ1) is 13.0. The minimum Gasteiger partial charge on any atom is -0.477 e. The third-order valence-electron chi connectivity index (χ3n) is 2.16. The van der Waals surface area contributed by atoms with Crippen molar-refractivity contribution < 1.29 is 14.7 Å². The first-order chi connectivity index (χ1) is 8.56. The number of halogens is 1. The monoisotopic (exact) mass is 373 g/mol. The molecule has 0 saturated heterocycles. The van der Waals surface area contributed by atoms with Gasteiger partial charge in [-0.2, -0.15) is 0 Å². The van der Waals surface area contributed by atoms with Crippen LogP contribution in [0.15, 0.2) is 36.4 Å². The van der Waals surface area contributed by atoms with Crippen molar-refractivity contribution in [3.05, 3.63) is 50.4 Å². The lowest BCUT2D eigenvalue weighted by Crippen LogP contribution is -2.10. The molecule has 4 nitrogen and oxygen atoms in total. The van der Waals surface area contributed by atoms with Gasteiger partial charge in [-0.3, -0.25) is 4.79 Å². The van der Waals surface area contributed by atoms with E-state index in [1.807, 2.05) is 12.1 Å². The van der Waals surface area contributed by atoms with Crippen molar-refractivity contribution >= 4 is 50.8 Å². The van der Waals surface area contributed by atoms with E-state index in [9.17, 15) is 9.59 Å². The molecule has 0 saturated carbocycles. The second kappa shape index (κ2) is 5.49. The highest BCUT2D eigenvalue weighted by Gasteiger charge is 2.10. The fourth-order valence-corrected chi connectivity index (χ4v) is 2.41. The van der Waals surface area contributed by atoms with E-state index in [1.54, 1.807) is 18.2 Å². The molecule has 0 aliphatic carbocycles. The summed E-state index contributed by atoms with van der Waals surface area (Å²) in [7, 11) is 0. The van der Waals surface area contributed by atoms with Crippen LogP contribution in [0.25, 0.3) is 0 Å². The molecular weight excluding hydrogens is 365 g/mol. The summed E-state index contributed by atoms with van der Waals surface area (Å²) >= 11 is 3.19. The molecule has 0 fully saturated rings. The van der Waals surface area contributed by atoms with Crippen LogP contribution < -0.4 is 5.32 Å². The van der Waals surface area contributed by atoms with Gasteiger partial charge in [-0.15, -0.1) is 11.3 Å². The smallest absolute Gasteiger partial charge is 0.345 e. The Morgan fingerprint density at radius 1 is 1.11 bits per heavy atom. The predicted molar refractivity (Wildman–Crippen MR) is 78.4 cm³/mol. The Kier molecular flexibility index (Phi) is 3.97. The summed E-state index contributed by atoms with van der Waals surface area (Å²) in [5.74, 6) is -1.24. The van der Waals surface area contributed by atoms with Gasteiger partial charge < -0.3 is 10.4 Å². The lowest BCUT2D eigenvalue weighted by atomic mass is 10.2. The molecule has 2 rings (SSSR count). The number of anilines is 1. The van der Waals surface area contributed by atoms with Crippen LogP contribution >= 0.6 is 33.9 Å². The van der Waals surface area contributed by atoms with Crippen LogP contribution in [0.4, 0.5) is 5.00 Å². The van der Waals surface area contributed by atoms with E-state index in [2.05, 4.69) is 27.9 Å². The minimum absolute atomic E-state index is 0.202. The van der Waals surface area contributed by atoms with Crippen LogP contribution in [0.1, 0.15) is 20.0 Å². The average molecular weight is 373 g/mol. The van der Waals surface area contributed by atoms with Crippen LogP contribution in [-0.4, -0.2) is 17.0 Å². The molecule has 1 aromatic heterocycles. The van der Waals surface area contributed by atoms with E-state index in [1.165, 1.54) is 6.07 Å². The third kappa shape index (κ3) is 3.08. The van der Waals surface area contributed by atoms with Gasteiger partial charge in [-0.25, -0.2) is 4.79 Å². The van der Waals surface area contributed by atoms with Gasteiger partial charge in [0.05, 0.1) is 5.00 Å². The second-order valence-corrected chi connectivity index (χ2v) is 5.76. The number of aromatic carboxylic acids is 1. The zero-order chi connectivity index (χ0) is 13.1. The van der Waals surface area contributed by atoms with Gasteiger partial charge in [0.25, 0.3) is 5.91 Å². The topological polar surface area (TPSA) is 66.4 Å². The van der Waals surface area contributed by atoms with Crippen LogP contribution in [0.3, 0.4) is 0 Å². The number of carbonyl (C=O) groups excluding carboxylic acids is 1. The average Bonchev–Trinajstić information content (AvgIpc) is 2.78. The van der Waals surface area contributed by atoms with Crippen molar-refractivity contribution in [2.24, 2.45) is 0 Å². The number of carbonyl (C=O) groups is 2. The van der Waals surface area contributed by atoms with Crippen LogP contribution in [-0.2, 0) is 0 Å². The van der Waals surface area contributed by atoms with Gasteiger partial charge in [0.1, 0.15) is 4.88 Å². The van der Waals surface area contributed by atoms with Crippen LogP contribution in [0.2, 0.25) is 0 Å². The van der Waals surface area contributed by atoms with E-state index in [0.717, 1.165) is 14.9 Å². The van der Waals surface area contributed by atoms with Gasteiger partial charge in [0.15, 0.2) is 0 Å². The molecule has 2 N–H and O–H groups in total. The van der Waals surface area contributed by atoms with Crippen LogP contribution in [0.5, 0.6) is 0 Å². The zero-order valence-corrected chi connectivity index (χ0v) is 12.0. The molecule has 1 amide bonds. The predicted octanol–water partition coefficient (Wildman–Crippen LogP) is 3.30. The molecule has 1 aromatic carbocycles. The highest BCUT2D eigenvalue weighted by Crippen LogP contribution is 2.22. The van der Waals surface area contributed by atoms with E-state index in [-0.39, 0.29) is 10.8 Å². The van der Waals surface area contributed by atoms with E-state index >= 15 is 0 Å². The first-order valence-corrected chi connectivity index (χ1v) is 6.86. The van der Waals surface area contributed by atoms with Gasteiger partial charge in [0, 0.05) is 9.13 Å². The number of nitrogens with one attached hydrogen (secondary N) is 1. The maximum atomic E-state index is 11.9. The fraction of sp³-hybridized carbons (Fsp3) is 0. The summed E-state index contributed by atoms with van der Waals surface area (Å²) in [4.78, 5) is 22.8. The molecule has 0 bridgehead atoms. The number of hydrogen-bond donors (Lipinski definition) is 2. The van der Waals surface area contributed by atoms with Crippen LogP contribution in [0, 0.1) is 3.57 Å². The van der Waals surface area contributed by atoms with Gasteiger partial charge in [-0.1, -0.05) is 0 Å². The van der Waals surface area contributed by atoms with Crippen molar-refractivity contribution in [1.29, 1.82) is 0 Å². The largest absolute Gasteiger partial charge is 0.477 e. The van der Waals surface area contributed by atoms with E-state index in [4.69, 9.17) is 5.11 Å². The van der Waals surface area contributed by atoms with Crippen molar-refractivity contribution in [2.45, 2.75) is 0 Å². The Hall–Kier alpha value is -1.41. The Balaban J connectivity index is 2.11. The third-order valence-corrected chi connectivity index (χ3v) is 3.87. The fourth-order valence-electron chi connectivity index (χ4n) is 1.31. The number of thiophene rings is 1. The molecule has 0 atom stereocenters. The summed E-state index contributed by atoms with van der Waals surface area (Å²) in [5.41, 5.74) is 0.542. The molecule has 0 aliphatic rings. The summed E-state index contributed by atoms with van der Waals surface area (Å²) in [6.07, 6.45) is 0. The first-order valence-electron chi connectivity index (χ1n) is 4.96.